The van der Waals surface area contributed by atoms with Crippen molar-refractivity contribution < 1.29 is 26.2 Å². The first kappa shape index (κ1) is 37.0. The first-order valence-corrected chi connectivity index (χ1v) is 17.7. The summed E-state index contributed by atoms with van der Waals surface area (Å²) >= 11 is 0. The molecule has 0 saturated heterocycles. The molecule has 52 heavy (non-hydrogen) atoms. The number of aromatic nitrogens is 3. The van der Waals surface area contributed by atoms with Crippen LogP contribution in [0.2, 0.25) is 0 Å². The van der Waals surface area contributed by atoms with E-state index < -0.39 is 0 Å². The Kier molecular flexibility index (Phi) is 9.94. The minimum Gasteiger partial charge on any atom is -0.507 e. The summed E-state index contributed by atoms with van der Waals surface area (Å²) in [6, 6.07) is 39.4. The third kappa shape index (κ3) is 7.02. The van der Waals surface area contributed by atoms with Crippen LogP contribution in [0.3, 0.4) is 0 Å². The van der Waals surface area contributed by atoms with Crippen molar-refractivity contribution in [2.45, 2.75) is 73.1 Å². The van der Waals surface area contributed by atoms with Crippen molar-refractivity contribution in [2.75, 3.05) is 0 Å². The van der Waals surface area contributed by atoms with Crippen LogP contribution in [-0.2, 0) is 31.9 Å². The molecule has 0 fully saturated rings. The van der Waals surface area contributed by atoms with Crippen LogP contribution in [0.1, 0.15) is 69.4 Å². The number of nitrogens with zero attached hydrogens (tertiary/aromatic N) is 3. The number of hydrogen-bond donors (Lipinski definition) is 1. The Balaban J connectivity index is 0.00000464. The molecule has 7 rings (SSSR count). The van der Waals surface area contributed by atoms with Crippen molar-refractivity contribution in [3.8, 4) is 56.3 Å². The van der Waals surface area contributed by atoms with E-state index in [9.17, 15) is 5.11 Å². The molecule has 5 aromatic carbocycles. The standard InChI is InChI=1S/C47H46N3O.Pt/c1-29-21-30(2)44(31(3)22-29)50-41-28-37(47(7,8)9)27-38(34-23-35(40-17-13-14-20-48-40)25-36(24-34)46(4,5)6)43(41)49-45(50)39-26-33(18-19-42(39)51)32-15-11-10-12-16-32;/h10-22,24-28,51H,1-9H3;/q-1;. The summed E-state index contributed by atoms with van der Waals surface area (Å²) in [6.07, 6.45) is 1.83. The van der Waals surface area contributed by atoms with Crippen molar-refractivity contribution >= 4 is 11.0 Å². The van der Waals surface area contributed by atoms with Crippen LogP contribution >= 0.6 is 0 Å². The summed E-state index contributed by atoms with van der Waals surface area (Å²) in [4.78, 5) is 10.2. The van der Waals surface area contributed by atoms with Gasteiger partial charge in [0.2, 0.25) is 0 Å². The van der Waals surface area contributed by atoms with E-state index in [0.29, 0.717) is 11.4 Å². The summed E-state index contributed by atoms with van der Waals surface area (Å²) in [5.41, 5.74) is 15.1. The van der Waals surface area contributed by atoms with Gasteiger partial charge in [-0.3, -0.25) is 9.55 Å². The summed E-state index contributed by atoms with van der Waals surface area (Å²) in [5, 5.41) is 11.6. The second-order valence-electron chi connectivity index (χ2n) is 15.9. The number of fused-ring (bicyclic) bond motifs is 1. The van der Waals surface area contributed by atoms with Crippen LogP contribution in [0.5, 0.6) is 5.75 Å². The minimum atomic E-state index is -0.156. The number of imidazole rings is 1. The normalized spacial score (nSPS) is 11.9. The molecule has 0 radical (unpaired) electrons. The molecule has 266 valence electrons. The Morgan fingerprint density at radius 2 is 1.27 bits per heavy atom. The molecular formula is C47H46N3OPt-. The molecule has 0 amide bonds. The average molecular weight is 864 g/mol. The largest absolute Gasteiger partial charge is 0.507 e. The molecule has 5 heteroatoms. The molecule has 2 aromatic heterocycles. The predicted molar refractivity (Wildman–Crippen MR) is 213 cm³/mol. The third-order valence-corrected chi connectivity index (χ3v) is 9.80. The summed E-state index contributed by atoms with van der Waals surface area (Å²) in [6.45, 7) is 20.0. The van der Waals surface area contributed by atoms with Gasteiger partial charge < -0.3 is 5.11 Å². The second kappa shape index (κ2) is 14.0. The van der Waals surface area contributed by atoms with Gasteiger partial charge in [0.25, 0.3) is 0 Å². The fourth-order valence-corrected chi connectivity index (χ4v) is 7.08. The van der Waals surface area contributed by atoms with Gasteiger partial charge in [-0.05, 0) is 83.7 Å². The summed E-state index contributed by atoms with van der Waals surface area (Å²) in [7, 11) is 0. The number of pyridine rings is 1. The Hall–Kier alpha value is -4.79. The number of phenolic OH excluding ortho intramolecular Hbond substituents is 1. The first-order valence-electron chi connectivity index (χ1n) is 17.7. The molecule has 0 unspecified atom stereocenters. The fourth-order valence-electron chi connectivity index (χ4n) is 7.08. The zero-order chi connectivity index (χ0) is 36.2. The van der Waals surface area contributed by atoms with E-state index in [0.717, 1.165) is 61.4 Å². The second-order valence-corrected chi connectivity index (χ2v) is 15.9. The van der Waals surface area contributed by atoms with E-state index in [2.05, 4.69) is 128 Å². The van der Waals surface area contributed by atoms with E-state index >= 15 is 0 Å². The smallest absolute Gasteiger partial charge is 0.148 e. The molecular weight excluding hydrogens is 818 g/mol. The molecule has 1 N–H and O–H groups in total. The third-order valence-electron chi connectivity index (χ3n) is 9.80. The number of phenols is 1. The Morgan fingerprint density at radius 3 is 1.90 bits per heavy atom. The van der Waals surface area contributed by atoms with Gasteiger partial charge in [-0.15, -0.1) is 29.3 Å². The molecule has 0 spiro atoms. The number of benzene rings is 5. The quantitative estimate of drug-likeness (QED) is 0.175. The summed E-state index contributed by atoms with van der Waals surface area (Å²) in [5.74, 6) is 0.879. The van der Waals surface area contributed by atoms with E-state index in [1.165, 1.54) is 16.7 Å². The molecule has 0 aliphatic heterocycles. The van der Waals surface area contributed by atoms with Gasteiger partial charge in [0.05, 0.1) is 22.3 Å². The molecule has 2 heterocycles. The Labute approximate surface area is 322 Å². The van der Waals surface area contributed by atoms with Crippen molar-refractivity contribution in [1.82, 2.24) is 14.5 Å². The van der Waals surface area contributed by atoms with Crippen LogP contribution in [0.4, 0.5) is 0 Å². The van der Waals surface area contributed by atoms with Gasteiger partial charge in [0, 0.05) is 33.0 Å². The van der Waals surface area contributed by atoms with Crippen LogP contribution in [0.15, 0.2) is 109 Å². The van der Waals surface area contributed by atoms with Gasteiger partial charge in [0.1, 0.15) is 11.6 Å². The number of rotatable bonds is 5. The number of hydrogen-bond acceptors (Lipinski definition) is 3. The van der Waals surface area contributed by atoms with Gasteiger partial charge in [0.15, 0.2) is 0 Å². The minimum absolute atomic E-state index is 0. The van der Waals surface area contributed by atoms with Crippen molar-refractivity contribution in [3.05, 3.63) is 143 Å². The molecule has 0 bridgehead atoms. The molecule has 7 aromatic rings. The average Bonchev–Trinajstić information content (AvgIpc) is 3.46. The first-order chi connectivity index (χ1) is 24.2. The zero-order valence-corrected chi connectivity index (χ0v) is 33.8. The fraction of sp³-hybridized carbons (Fsp3) is 0.234. The SMILES string of the molecule is Cc1cc(C)c(-n2c(-c3cc(-c4ccccc4)ccc3O)nc3c(-c4[c-]c(-c5ccccn5)cc(C(C)(C)C)c4)cc(C(C)(C)C)cc32)c(C)c1.[Pt]. The topological polar surface area (TPSA) is 50.9 Å². The van der Waals surface area contributed by atoms with E-state index in [4.69, 9.17) is 9.97 Å². The molecule has 4 nitrogen and oxygen atoms in total. The maximum absolute atomic E-state index is 11.6. The van der Waals surface area contributed by atoms with E-state index in [1.54, 1.807) is 6.07 Å². The van der Waals surface area contributed by atoms with Gasteiger partial charge >= 0.3 is 0 Å². The summed E-state index contributed by atoms with van der Waals surface area (Å²) < 4.78 is 2.27. The van der Waals surface area contributed by atoms with Crippen molar-refractivity contribution in [3.63, 3.8) is 0 Å². The van der Waals surface area contributed by atoms with Crippen LogP contribution in [0.25, 0.3) is 61.6 Å². The predicted octanol–water partition coefficient (Wildman–Crippen LogP) is 12.1. The van der Waals surface area contributed by atoms with E-state index in [-0.39, 0.29) is 37.6 Å². The van der Waals surface area contributed by atoms with Gasteiger partial charge in [-0.25, -0.2) is 4.98 Å². The van der Waals surface area contributed by atoms with Crippen LogP contribution in [0, 0.1) is 26.8 Å². The zero-order valence-electron chi connectivity index (χ0n) is 31.5. The number of aromatic hydroxyl groups is 1. The van der Waals surface area contributed by atoms with E-state index in [1.807, 2.05) is 48.7 Å². The Morgan fingerprint density at radius 1 is 0.635 bits per heavy atom. The monoisotopic (exact) mass is 863 g/mol. The maximum atomic E-state index is 11.6. The maximum Gasteiger partial charge on any atom is 0.148 e. The van der Waals surface area contributed by atoms with Crippen LogP contribution in [-0.4, -0.2) is 19.6 Å². The number of aryl methyl sites for hydroxylation is 3. The van der Waals surface area contributed by atoms with Crippen molar-refractivity contribution in [2.24, 2.45) is 0 Å². The van der Waals surface area contributed by atoms with Crippen molar-refractivity contribution in [1.29, 1.82) is 0 Å². The Bertz CT molecular complexity index is 2390. The molecule has 0 saturated carbocycles. The molecule has 0 aliphatic carbocycles. The molecule has 0 atom stereocenters. The molecule has 0 aliphatic rings. The van der Waals surface area contributed by atoms with Crippen LogP contribution < -0.4 is 0 Å². The van der Waals surface area contributed by atoms with Gasteiger partial charge in [-0.2, -0.15) is 0 Å². The van der Waals surface area contributed by atoms with Gasteiger partial charge in [-0.1, -0.05) is 125 Å².